The van der Waals surface area contributed by atoms with E-state index in [0.717, 1.165) is 5.33 Å². The number of sulfone groups is 1. The quantitative estimate of drug-likeness (QED) is 0.578. The molecule has 4 heteroatoms. The third-order valence-corrected chi connectivity index (χ3v) is 4.86. The number of hydrogen-bond donors (Lipinski definition) is 0. The van der Waals surface area contributed by atoms with Crippen molar-refractivity contribution < 1.29 is 8.42 Å². The fourth-order valence-corrected chi connectivity index (χ4v) is 2.78. The van der Waals surface area contributed by atoms with Crippen molar-refractivity contribution in [1.82, 2.24) is 0 Å². The van der Waals surface area contributed by atoms with Gasteiger partial charge in [-0.1, -0.05) is 39.7 Å². The van der Waals surface area contributed by atoms with Crippen LogP contribution < -0.4 is 0 Å². The summed E-state index contributed by atoms with van der Waals surface area (Å²) in [7, 11) is -2.86. The highest BCUT2D eigenvalue weighted by atomic mass is 79.9. The van der Waals surface area contributed by atoms with E-state index in [1.807, 2.05) is 13.0 Å². The van der Waals surface area contributed by atoms with Gasteiger partial charge in [-0.05, 0) is 13.3 Å². The lowest BCUT2D eigenvalue weighted by Gasteiger charge is -2.04. The maximum atomic E-state index is 11.4. The Labute approximate surface area is 87.8 Å². The van der Waals surface area contributed by atoms with Crippen LogP contribution in [0.3, 0.4) is 0 Å². The lowest BCUT2D eigenvalue weighted by Crippen LogP contribution is -2.15. The molecule has 1 rings (SSSR count). The number of hydrogen-bond acceptors (Lipinski definition) is 2. The Bertz CT molecular complexity index is 328. The number of halogens is 1. The van der Waals surface area contributed by atoms with Crippen molar-refractivity contribution in [2.75, 3.05) is 11.1 Å². The molecule has 2 nitrogen and oxygen atoms in total. The molecule has 1 atom stereocenters. The molecule has 0 radical (unpaired) electrons. The SMILES string of the molecule is CC(=CCC1C=CCS1(=O)=O)CBr. The van der Waals surface area contributed by atoms with Crippen molar-refractivity contribution in [2.24, 2.45) is 0 Å². The Kier molecular flexibility index (Phi) is 3.74. The topological polar surface area (TPSA) is 34.1 Å². The van der Waals surface area contributed by atoms with Gasteiger partial charge >= 0.3 is 0 Å². The largest absolute Gasteiger partial charge is 0.228 e. The van der Waals surface area contributed by atoms with Gasteiger partial charge in [0.2, 0.25) is 0 Å². The van der Waals surface area contributed by atoms with Crippen molar-refractivity contribution in [3.05, 3.63) is 23.8 Å². The van der Waals surface area contributed by atoms with Gasteiger partial charge < -0.3 is 0 Å². The summed E-state index contributed by atoms with van der Waals surface area (Å²) < 4.78 is 22.7. The second kappa shape index (κ2) is 4.42. The molecule has 1 aliphatic rings. The van der Waals surface area contributed by atoms with Crippen LogP contribution in [-0.4, -0.2) is 24.8 Å². The van der Waals surface area contributed by atoms with E-state index in [2.05, 4.69) is 15.9 Å². The minimum atomic E-state index is -2.86. The summed E-state index contributed by atoms with van der Waals surface area (Å²) >= 11 is 3.32. The van der Waals surface area contributed by atoms with Crippen LogP contribution >= 0.6 is 15.9 Å². The standard InChI is InChI=1S/C9H13BrO2S/c1-8(7-10)4-5-9-3-2-6-13(9,11)12/h2-4,9H,5-7H2,1H3. The van der Waals surface area contributed by atoms with Crippen LogP contribution in [0.4, 0.5) is 0 Å². The molecule has 0 aromatic heterocycles. The molecule has 1 aliphatic heterocycles. The molecule has 74 valence electrons. The minimum Gasteiger partial charge on any atom is -0.228 e. The van der Waals surface area contributed by atoms with Crippen molar-refractivity contribution >= 4 is 25.8 Å². The summed E-state index contributed by atoms with van der Waals surface area (Å²) in [5.74, 6) is 0.207. The van der Waals surface area contributed by atoms with Crippen LogP contribution in [-0.2, 0) is 9.84 Å². The molecule has 0 amide bonds. The normalized spacial score (nSPS) is 26.6. The maximum absolute atomic E-state index is 11.4. The minimum absolute atomic E-state index is 0.207. The van der Waals surface area contributed by atoms with Crippen LogP contribution in [0.25, 0.3) is 0 Å². The zero-order valence-electron chi connectivity index (χ0n) is 7.53. The van der Waals surface area contributed by atoms with Gasteiger partial charge in [0, 0.05) is 5.33 Å². The van der Waals surface area contributed by atoms with Gasteiger partial charge in [0.1, 0.15) is 0 Å². The Morgan fingerprint density at radius 3 is 2.85 bits per heavy atom. The molecule has 13 heavy (non-hydrogen) atoms. The van der Waals surface area contributed by atoms with Crippen molar-refractivity contribution in [3.8, 4) is 0 Å². The number of alkyl halides is 1. The van der Waals surface area contributed by atoms with Crippen LogP contribution in [0, 0.1) is 0 Å². The Balaban J connectivity index is 2.61. The highest BCUT2D eigenvalue weighted by molar-refractivity contribution is 9.09. The summed E-state index contributed by atoms with van der Waals surface area (Å²) in [5.41, 5.74) is 1.18. The van der Waals surface area contributed by atoms with E-state index in [9.17, 15) is 8.42 Å². The molecule has 0 spiro atoms. The van der Waals surface area contributed by atoms with Gasteiger partial charge in [-0.25, -0.2) is 8.42 Å². The first kappa shape index (κ1) is 11.0. The second-order valence-electron chi connectivity index (χ2n) is 3.22. The fraction of sp³-hybridized carbons (Fsp3) is 0.556. The van der Waals surface area contributed by atoms with Crippen LogP contribution in [0.5, 0.6) is 0 Å². The van der Waals surface area contributed by atoms with Gasteiger partial charge in [0.05, 0.1) is 11.0 Å². The molecule has 1 heterocycles. The average molecular weight is 265 g/mol. The van der Waals surface area contributed by atoms with Gasteiger partial charge in [-0.15, -0.1) is 0 Å². The summed E-state index contributed by atoms with van der Waals surface area (Å²) in [6, 6.07) is 0. The summed E-state index contributed by atoms with van der Waals surface area (Å²) in [5, 5.41) is 0.519. The molecule has 0 N–H and O–H groups in total. The molecular formula is C9H13BrO2S. The van der Waals surface area contributed by atoms with Crippen molar-refractivity contribution in [1.29, 1.82) is 0 Å². The molecular weight excluding hydrogens is 252 g/mol. The molecule has 0 fully saturated rings. The summed E-state index contributed by atoms with van der Waals surface area (Å²) in [6.45, 7) is 1.99. The fourth-order valence-electron chi connectivity index (χ4n) is 1.18. The zero-order chi connectivity index (χ0) is 9.90. The number of rotatable bonds is 3. The highest BCUT2D eigenvalue weighted by Crippen LogP contribution is 2.17. The van der Waals surface area contributed by atoms with Gasteiger partial charge in [0.25, 0.3) is 0 Å². The molecule has 0 bridgehead atoms. The van der Waals surface area contributed by atoms with Crippen LogP contribution in [0.2, 0.25) is 0 Å². The first-order valence-corrected chi connectivity index (χ1v) is 7.00. The monoisotopic (exact) mass is 264 g/mol. The summed E-state index contributed by atoms with van der Waals surface area (Å²) in [6.07, 6.45) is 6.10. The lowest BCUT2D eigenvalue weighted by atomic mass is 10.2. The van der Waals surface area contributed by atoms with Gasteiger partial charge in [-0.3, -0.25) is 0 Å². The number of allylic oxidation sites excluding steroid dienone is 2. The van der Waals surface area contributed by atoms with E-state index < -0.39 is 9.84 Å². The Morgan fingerprint density at radius 1 is 1.69 bits per heavy atom. The van der Waals surface area contributed by atoms with Crippen molar-refractivity contribution in [2.45, 2.75) is 18.6 Å². The van der Waals surface area contributed by atoms with Gasteiger partial charge in [-0.2, -0.15) is 0 Å². The van der Waals surface area contributed by atoms with E-state index in [4.69, 9.17) is 0 Å². The average Bonchev–Trinajstić information content (AvgIpc) is 2.41. The van der Waals surface area contributed by atoms with Crippen molar-refractivity contribution in [3.63, 3.8) is 0 Å². The van der Waals surface area contributed by atoms with Crippen LogP contribution in [0.1, 0.15) is 13.3 Å². The lowest BCUT2D eigenvalue weighted by molar-refractivity contribution is 0.594. The third kappa shape index (κ3) is 2.95. The molecule has 0 saturated heterocycles. The molecule has 0 saturated carbocycles. The third-order valence-electron chi connectivity index (χ3n) is 2.05. The molecule has 0 aromatic rings. The molecule has 1 unspecified atom stereocenters. The van der Waals surface area contributed by atoms with E-state index >= 15 is 0 Å². The van der Waals surface area contributed by atoms with E-state index in [0.29, 0.717) is 6.42 Å². The summed E-state index contributed by atoms with van der Waals surface area (Å²) in [4.78, 5) is 0. The Morgan fingerprint density at radius 2 is 2.38 bits per heavy atom. The highest BCUT2D eigenvalue weighted by Gasteiger charge is 2.24. The maximum Gasteiger partial charge on any atom is 0.160 e. The van der Waals surface area contributed by atoms with E-state index in [-0.39, 0.29) is 11.0 Å². The van der Waals surface area contributed by atoms with E-state index in [1.165, 1.54) is 5.57 Å². The first-order chi connectivity index (χ1) is 6.06. The van der Waals surface area contributed by atoms with Gasteiger partial charge in [0.15, 0.2) is 9.84 Å². The zero-order valence-corrected chi connectivity index (χ0v) is 9.94. The smallest absolute Gasteiger partial charge is 0.160 e. The Hall–Kier alpha value is -0.0900. The predicted molar refractivity (Wildman–Crippen MR) is 58.9 cm³/mol. The molecule has 0 aromatic carbocycles. The van der Waals surface area contributed by atoms with E-state index in [1.54, 1.807) is 12.2 Å². The second-order valence-corrected chi connectivity index (χ2v) is 6.04. The molecule has 0 aliphatic carbocycles. The predicted octanol–water partition coefficient (Wildman–Crippen LogP) is 2.07. The first-order valence-electron chi connectivity index (χ1n) is 4.16. The van der Waals surface area contributed by atoms with Crippen LogP contribution in [0.15, 0.2) is 23.8 Å².